The highest BCUT2D eigenvalue weighted by Gasteiger charge is 2.09. The zero-order chi connectivity index (χ0) is 17.5. The maximum atomic E-state index is 13.3. The Balaban J connectivity index is 2.10. The number of carbonyl (C=O) groups is 2. The Morgan fingerprint density at radius 3 is 2.29 bits per heavy atom. The van der Waals surface area contributed by atoms with Crippen LogP contribution in [0, 0.1) is 11.6 Å². The molecule has 0 saturated heterocycles. The average Bonchev–Trinajstić information content (AvgIpc) is 2.56. The Kier molecular flexibility index (Phi) is 5.75. The molecule has 0 saturated carbocycles. The van der Waals surface area contributed by atoms with Gasteiger partial charge in [-0.1, -0.05) is 12.1 Å². The molecule has 0 fully saturated rings. The summed E-state index contributed by atoms with van der Waals surface area (Å²) in [5.74, 6) is -1.95. The second kappa shape index (κ2) is 7.98. The molecule has 2 aromatic rings. The molecule has 0 spiro atoms. The van der Waals surface area contributed by atoms with E-state index in [1.165, 1.54) is 42.5 Å². The molecule has 0 aliphatic heterocycles. The van der Waals surface area contributed by atoms with Crippen molar-refractivity contribution in [2.45, 2.75) is 0 Å². The van der Waals surface area contributed by atoms with Gasteiger partial charge in [-0.2, -0.15) is 0 Å². The predicted octanol–water partition coefficient (Wildman–Crippen LogP) is 2.51. The number of hydrogen-bond acceptors (Lipinski definition) is 3. The summed E-state index contributed by atoms with van der Waals surface area (Å²) in [6.45, 7) is -0.269. The Bertz CT molecular complexity index is 774. The lowest BCUT2D eigenvalue weighted by molar-refractivity contribution is -0.115. The van der Waals surface area contributed by atoms with Crippen molar-refractivity contribution in [3.05, 3.63) is 65.7 Å². The van der Waals surface area contributed by atoms with E-state index in [0.29, 0.717) is 5.56 Å². The predicted molar refractivity (Wildman–Crippen MR) is 88.1 cm³/mol. The monoisotopic (exact) mass is 331 g/mol. The van der Waals surface area contributed by atoms with E-state index in [2.05, 4.69) is 10.6 Å². The number of anilines is 2. The van der Waals surface area contributed by atoms with Crippen LogP contribution in [0.1, 0.15) is 5.56 Å². The number of carbonyl (C=O) groups excluding carboxylic acids is 2. The van der Waals surface area contributed by atoms with Crippen LogP contribution in [0.3, 0.4) is 0 Å². The van der Waals surface area contributed by atoms with Crippen LogP contribution in [0.15, 0.2) is 48.5 Å². The van der Waals surface area contributed by atoms with Gasteiger partial charge in [-0.25, -0.2) is 8.78 Å². The number of rotatable bonds is 5. The normalized spacial score (nSPS) is 10.6. The van der Waals surface area contributed by atoms with Crippen LogP contribution < -0.4 is 16.4 Å². The fraction of sp³-hybridized carbons (Fsp3) is 0.0588. The Morgan fingerprint density at radius 1 is 0.958 bits per heavy atom. The number of nitrogens with two attached hydrogens (primary N) is 1. The first-order valence-corrected chi connectivity index (χ1v) is 7.02. The van der Waals surface area contributed by atoms with Gasteiger partial charge in [-0.15, -0.1) is 0 Å². The molecule has 0 aliphatic carbocycles. The van der Waals surface area contributed by atoms with Gasteiger partial charge < -0.3 is 16.4 Å². The summed E-state index contributed by atoms with van der Waals surface area (Å²) in [4.78, 5) is 23.3. The lowest BCUT2D eigenvalue weighted by Crippen LogP contribution is -2.23. The molecule has 124 valence electrons. The third-order valence-electron chi connectivity index (χ3n) is 3.00. The summed E-state index contributed by atoms with van der Waals surface area (Å²) in [7, 11) is 0. The smallest absolute Gasteiger partial charge is 0.248 e. The zero-order valence-corrected chi connectivity index (χ0v) is 12.6. The second-order valence-electron chi connectivity index (χ2n) is 4.82. The molecule has 24 heavy (non-hydrogen) atoms. The molecule has 2 rings (SSSR count). The van der Waals surface area contributed by atoms with Crippen molar-refractivity contribution in [1.82, 2.24) is 0 Å². The first-order chi connectivity index (χ1) is 11.5. The van der Waals surface area contributed by atoms with Gasteiger partial charge >= 0.3 is 0 Å². The third kappa shape index (κ3) is 4.99. The topological polar surface area (TPSA) is 84.2 Å². The Labute approximate surface area is 137 Å². The van der Waals surface area contributed by atoms with Gasteiger partial charge in [0.1, 0.15) is 11.6 Å². The molecule has 7 heteroatoms. The van der Waals surface area contributed by atoms with E-state index in [1.54, 1.807) is 0 Å². The van der Waals surface area contributed by atoms with E-state index in [0.717, 1.165) is 12.1 Å². The van der Waals surface area contributed by atoms with E-state index in [9.17, 15) is 18.4 Å². The largest absolute Gasteiger partial charge is 0.323 e. The summed E-state index contributed by atoms with van der Waals surface area (Å²) in [6.07, 6.45) is 2.74. The van der Waals surface area contributed by atoms with E-state index in [4.69, 9.17) is 5.73 Å². The first-order valence-electron chi connectivity index (χ1n) is 7.02. The van der Waals surface area contributed by atoms with Gasteiger partial charge in [0.25, 0.3) is 0 Å². The van der Waals surface area contributed by atoms with Crippen molar-refractivity contribution < 1.29 is 18.4 Å². The van der Waals surface area contributed by atoms with Gasteiger partial charge in [-0.05, 0) is 42.0 Å². The fourth-order valence-corrected chi connectivity index (χ4v) is 1.85. The van der Waals surface area contributed by atoms with Crippen molar-refractivity contribution in [2.24, 2.45) is 5.73 Å². The number of amides is 2. The van der Waals surface area contributed by atoms with Crippen molar-refractivity contribution in [2.75, 3.05) is 17.2 Å². The Morgan fingerprint density at radius 2 is 1.62 bits per heavy atom. The molecule has 0 aromatic heterocycles. The van der Waals surface area contributed by atoms with E-state index in [-0.39, 0.29) is 23.7 Å². The maximum absolute atomic E-state index is 13.3. The van der Waals surface area contributed by atoms with Crippen LogP contribution in [0.4, 0.5) is 20.2 Å². The van der Waals surface area contributed by atoms with Crippen LogP contribution in [0.5, 0.6) is 0 Å². The van der Waals surface area contributed by atoms with Crippen molar-refractivity contribution in [3.63, 3.8) is 0 Å². The second-order valence-corrected chi connectivity index (χ2v) is 4.82. The highest BCUT2D eigenvalue weighted by atomic mass is 19.1. The van der Waals surface area contributed by atoms with Crippen LogP contribution in [0.25, 0.3) is 6.08 Å². The summed E-state index contributed by atoms with van der Waals surface area (Å²) in [5, 5.41) is 4.93. The molecule has 0 bridgehead atoms. The Hall–Kier alpha value is -3.06. The number of benzene rings is 2. The van der Waals surface area contributed by atoms with E-state index in [1.807, 2.05) is 0 Å². The molecule has 4 N–H and O–H groups in total. The summed E-state index contributed by atoms with van der Waals surface area (Å²) in [5.41, 5.74) is 6.18. The van der Waals surface area contributed by atoms with Crippen molar-refractivity contribution in [1.29, 1.82) is 0 Å². The molecule has 0 unspecified atom stereocenters. The van der Waals surface area contributed by atoms with Gasteiger partial charge in [0.15, 0.2) is 0 Å². The summed E-state index contributed by atoms with van der Waals surface area (Å²) in [6, 6.07) is 9.14. The number of hydrogen-bond donors (Lipinski definition) is 3. The molecule has 0 heterocycles. The highest BCUT2D eigenvalue weighted by molar-refractivity contribution is 6.05. The molecule has 0 radical (unpaired) electrons. The van der Waals surface area contributed by atoms with Crippen LogP contribution in [-0.2, 0) is 9.59 Å². The van der Waals surface area contributed by atoms with Crippen LogP contribution in [0.2, 0.25) is 0 Å². The van der Waals surface area contributed by atoms with E-state index >= 15 is 0 Å². The quantitative estimate of drug-likeness (QED) is 0.736. The van der Waals surface area contributed by atoms with Crippen LogP contribution >= 0.6 is 0 Å². The van der Waals surface area contributed by atoms with Gasteiger partial charge in [0.05, 0.1) is 17.9 Å². The molecular formula is C17H15F2N3O2. The molecule has 2 amide bonds. The number of halogens is 2. The molecular weight excluding hydrogens is 316 g/mol. The molecule has 0 atom stereocenters. The lowest BCUT2D eigenvalue weighted by Gasteiger charge is -2.11. The molecule has 5 nitrogen and oxygen atoms in total. The lowest BCUT2D eigenvalue weighted by atomic mass is 10.2. The summed E-state index contributed by atoms with van der Waals surface area (Å²) < 4.78 is 26.1. The van der Waals surface area contributed by atoms with Crippen molar-refractivity contribution in [3.8, 4) is 0 Å². The van der Waals surface area contributed by atoms with Crippen molar-refractivity contribution >= 4 is 29.3 Å². The van der Waals surface area contributed by atoms with Crippen LogP contribution in [-0.4, -0.2) is 18.4 Å². The zero-order valence-electron chi connectivity index (χ0n) is 12.6. The average molecular weight is 331 g/mol. The highest BCUT2D eigenvalue weighted by Crippen LogP contribution is 2.22. The minimum absolute atomic E-state index is 0.106. The van der Waals surface area contributed by atoms with Gasteiger partial charge in [0.2, 0.25) is 11.8 Å². The fourth-order valence-electron chi connectivity index (χ4n) is 1.85. The minimum atomic E-state index is -0.567. The third-order valence-corrected chi connectivity index (χ3v) is 3.00. The number of nitrogens with one attached hydrogen (secondary N) is 2. The minimum Gasteiger partial charge on any atom is -0.323 e. The first kappa shape index (κ1) is 17.3. The van der Waals surface area contributed by atoms with Gasteiger partial charge in [-0.3, -0.25) is 9.59 Å². The molecule has 2 aromatic carbocycles. The summed E-state index contributed by atoms with van der Waals surface area (Å²) >= 11 is 0. The SMILES string of the molecule is NCC(=O)Nc1cc(F)ccc1NC(=O)/C=C/c1ccc(F)cc1. The van der Waals surface area contributed by atoms with Gasteiger partial charge in [0, 0.05) is 6.08 Å². The molecule has 0 aliphatic rings. The van der Waals surface area contributed by atoms with E-state index < -0.39 is 17.6 Å². The standard InChI is InChI=1S/C17H15F2N3O2/c18-12-4-1-11(2-5-12)3-8-16(23)21-14-7-6-13(19)9-15(14)22-17(24)10-20/h1-9H,10,20H2,(H,21,23)(H,22,24)/b8-3+. The maximum Gasteiger partial charge on any atom is 0.248 e.